The molecule has 0 radical (unpaired) electrons. The van der Waals surface area contributed by atoms with Gasteiger partial charge in [0.2, 0.25) is 0 Å². The van der Waals surface area contributed by atoms with Crippen molar-refractivity contribution in [3.63, 3.8) is 0 Å². The van der Waals surface area contributed by atoms with E-state index in [0.717, 1.165) is 0 Å². The van der Waals surface area contributed by atoms with Crippen LogP contribution in [0.5, 0.6) is 0 Å². The first kappa shape index (κ1) is 9.24. The Labute approximate surface area is 73.4 Å². The monoisotopic (exact) mass is 166 g/mol. The van der Waals surface area contributed by atoms with Crippen LogP contribution >= 0.6 is 0 Å². The molecule has 0 bridgehead atoms. The van der Waals surface area contributed by atoms with Crippen LogP contribution in [0.15, 0.2) is 24.3 Å². The Hall–Kier alpha value is -0.850. The molecule has 0 aliphatic heterocycles. The first-order chi connectivity index (χ1) is 5.74. The van der Waals surface area contributed by atoms with Crippen LogP contribution in [-0.4, -0.2) is 0 Å². The zero-order valence-electron chi connectivity index (χ0n) is 7.68. The van der Waals surface area contributed by atoms with Gasteiger partial charge in [0, 0.05) is 0 Å². The van der Waals surface area contributed by atoms with Crippen LogP contribution in [-0.2, 0) is 0 Å². The van der Waals surface area contributed by atoms with Crippen molar-refractivity contribution in [3.05, 3.63) is 35.6 Å². The molecule has 0 N–H and O–H groups in total. The summed E-state index contributed by atoms with van der Waals surface area (Å²) < 4.78 is 12.5. The molecule has 0 aliphatic carbocycles. The van der Waals surface area contributed by atoms with Gasteiger partial charge in [0.15, 0.2) is 0 Å². The highest BCUT2D eigenvalue weighted by Crippen LogP contribution is 2.20. The van der Waals surface area contributed by atoms with E-state index < -0.39 is 0 Å². The molecule has 1 aromatic carbocycles. The smallest absolute Gasteiger partial charge is 0.123 e. The Balaban J connectivity index is 2.68. The van der Waals surface area contributed by atoms with Gasteiger partial charge in [-0.05, 0) is 30.0 Å². The lowest BCUT2D eigenvalue weighted by atomic mass is 9.97. The Bertz CT molecular complexity index is 225. The number of benzene rings is 1. The lowest BCUT2D eigenvalue weighted by molar-refractivity contribution is 0.621. The van der Waals surface area contributed by atoms with Crippen molar-refractivity contribution in [1.82, 2.24) is 0 Å². The SMILES string of the molecule is CCC[C@H](C)c1ccc(F)cc1. The molecule has 1 heteroatoms. The number of rotatable bonds is 3. The zero-order valence-corrected chi connectivity index (χ0v) is 7.68. The highest BCUT2D eigenvalue weighted by atomic mass is 19.1. The van der Waals surface area contributed by atoms with E-state index in [2.05, 4.69) is 13.8 Å². The van der Waals surface area contributed by atoms with Gasteiger partial charge in [-0.2, -0.15) is 0 Å². The van der Waals surface area contributed by atoms with Crippen LogP contribution in [0.25, 0.3) is 0 Å². The summed E-state index contributed by atoms with van der Waals surface area (Å²) >= 11 is 0. The van der Waals surface area contributed by atoms with E-state index in [4.69, 9.17) is 0 Å². The van der Waals surface area contributed by atoms with Crippen molar-refractivity contribution < 1.29 is 4.39 Å². The van der Waals surface area contributed by atoms with Gasteiger partial charge < -0.3 is 0 Å². The van der Waals surface area contributed by atoms with E-state index >= 15 is 0 Å². The molecular formula is C11H15F. The molecule has 0 saturated heterocycles. The average Bonchev–Trinajstić information content (AvgIpc) is 2.06. The van der Waals surface area contributed by atoms with Crippen molar-refractivity contribution >= 4 is 0 Å². The van der Waals surface area contributed by atoms with Crippen LogP contribution in [0.3, 0.4) is 0 Å². The quantitative estimate of drug-likeness (QED) is 0.641. The van der Waals surface area contributed by atoms with Crippen LogP contribution in [0, 0.1) is 5.82 Å². The number of hydrogen-bond acceptors (Lipinski definition) is 0. The highest BCUT2D eigenvalue weighted by molar-refractivity contribution is 5.19. The van der Waals surface area contributed by atoms with E-state index in [1.807, 2.05) is 12.1 Å². The molecule has 0 amide bonds. The normalized spacial score (nSPS) is 12.9. The molecule has 1 aromatic rings. The van der Waals surface area contributed by atoms with Crippen molar-refractivity contribution in [2.45, 2.75) is 32.6 Å². The van der Waals surface area contributed by atoms with Crippen molar-refractivity contribution in [2.75, 3.05) is 0 Å². The van der Waals surface area contributed by atoms with Gasteiger partial charge in [0.25, 0.3) is 0 Å². The minimum atomic E-state index is -0.151. The molecule has 0 aromatic heterocycles. The topological polar surface area (TPSA) is 0 Å². The molecule has 12 heavy (non-hydrogen) atoms. The summed E-state index contributed by atoms with van der Waals surface area (Å²) in [5.74, 6) is 0.401. The van der Waals surface area contributed by atoms with Crippen LogP contribution < -0.4 is 0 Å². The Morgan fingerprint density at radius 1 is 1.25 bits per heavy atom. The van der Waals surface area contributed by atoms with E-state index in [1.54, 1.807) is 0 Å². The predicted molar refractivity (Wildman–Crippen MR) is 49.7 cm³/mol. The van der Waals surface area contributed by atoms with Crippen molar-refractivity contribution in [2.24, 2.45) is 0 Å². The third kappa shape index (κ3) is 2.33. The first-order valence-electron chi connectivity index (χ1n) is 4.49. The van der Waals surface area contributed by atoms with Crippen LogP contribution in [0.1, 0.15) is 38.2 Å². The second-order valence-electron chi connectivity index (χ2n) is 3.24. The van der Waals surface area contributed by atoms with Gasteiger partial charge in [-0.1, -0.05) is 32.4 Å². The Morgan fingerprint density at radius 3 is 2.33 bits per heavy atom. The summed E-state index contributed by atoms with van der Waals surface area (Å²) in [7, 11) is 0. The van der Waals surface area contributed by atoms with E-state index in [-0.39, 0.29) is 5.82 Å². The predicted octanol–water partition coefficient (Wildman–Crippen LogP) is 3.73. The van der Waals surface area contributed by atoms with Crippen molar-refractivity contribution in [3.8, 4) is 0 Å². The van der Waals surface area contributed by atoms with Crippen LogP contribution in [0.4, 0.5) is 4.39 Å². The molecule has 0 fully saturated rings. The average molecular weight is 166 g/mol. The molecule has 0 nitrogen and oxygen atoms in total. The molecule has 0 unspecified atom stereocenters. The fourth-order valence-electron chi connectivity index (χ4n) is 1.39. The molecule has 1 atom stereocenters. The molecular weight excluding hydrogens is 151 g/mol. The summed E-state index contributed by atoms with van der Waals surface area (Å²) in [6.07, 6.45) is 2.35. The second kappa shape index (κ2) is 4.24. The largest absolute Gasteiger partial charge is 0.207 e. The molecule has 1 rings (SSSR count). The molecule has 0 heterocycles. The number of halogens is 1. The summed E-state index contributed by atoms with van der Waals surface area (Å²) in [5.41, 5.74) is 1.23. The summed E-state index contributed by atoms with van der Waals surface area (Å²) in [4.78, 5) is 0. The van der Waals surface area contributed by atoms with Gasteiger partial charge in [-0.15, -0.1) is 0 Å². The van der Waals surface area contributed by atoms with E-state index in [0.29, 0.717) is 5.92 Å². The van der Waals surface area contributed by atoms with Crippen molar-refractivity contribution in [1.29, 1.82) is 0 Å². The summed E-state index contributed by atoms with van der Waals surface area (Å²) in [6.45, 7) is 4.34. The first-order valence-corrected chi connectivity index (χ1v) is 4.49. The van der Waals surface area contributed by atoms with E-state index in [1.165, 1.54) is 30.5 Å². The van der Waals surface area contributed by atoms with Crippen LogP contribution in [0.2, 0.25) is 0 Å². The zero-order chi connectivity index (χ0) is 8.97. The lowest BCUT2D eigenvalue weighted by Crippen LogP contribution is -1.92. The lowest BCUT2D eigenvalue weighted by Gasteiger charge is -2.09. The fraction of sp³-hybridized carbons (Fsp3) is 0.455. The third-order valence-electron chi connectivity index (χ3n) is 2.16. The maximum atomic E-state index is 12.5. The highest BCUT2D eigenvalue weighted by Gasteiger charge is 2.02. The summed E-state index contributed by atoms with van der Waals surface area (Å²) in [6, 6.07) is 6.80. The van der Waals surface area contributed by atoms with Gasteiger partial charge in [-0.3, -0.25) is 0 Å². The Morgan fingerprint density at radius 2 is 1.83 bits per heavy atom. The number of hydrogen-bond donors (Lipinski definition) is 0. The standard InChI is InChI=1S/C11H15F/c1-3-4-9(2)10-5-7-11(12)8-6-10/h5-9H,3-4H2,1-2H3/t9-/m0/s1. The minimum Gasteiger partial charge on any atom is -0.207 e. The van der Waals surface area contributed by atoms with E-state index in [9.17, 15) is 4.39 Å². The fourth-order valence-corrected chi connectivity index (χ4v) is 1.39. The van der Waals surface area contributed by atoms with Gasteiger partial charge in [-0.25, -0.2) is 4.39 Å². The van der Waals surface area contributed by atoms with Gasteiger partial charge in [0.05, 0.1) is 0 Å². The van der Waals surface area contributed by atoms with Gasteiger partial charge >= 0.3 is 0 Å². The van der Waals surface area contributed by atoms with Gasteiger partial charge in [0.1, 0.15) is 5.82 Å². The maximum Gasteiger partial charge on any atom is 0.123 e. The minimum absolute atomic E-state index is 0.151. The second-order valence-corrected chi connectivity index (χ2v) is 3.24. The molecule has 0 aliphatic rings. The third-order valence-corrected chi connectivity index (χ3v) is 2.16. The Kier molecular flexibility index (Phi) is 3.27. The molecule has 0 spiro atoms. The maximum absolute atomic E-state index is 12.5. The molecule has 66 valence electrons. The molecule has 0 saturated carbocycles. The summed E-state index contributed by atoms with van der Waals surface area (Å²) in [5, 5.41) is 0.